The summed E-state index contributed by atoms with van der Waals surface area (Å²) in [7, 11) is 0. The second kappa shape index (κ2) is 10.8. The van der Waals surface area contributed by atoms with Crippen LogP contribution in [-0.4, -0.2) is 18.1 Å². The van der Waals surface area contributed by atoms with Crippen molar-refractivity contribution >= 4 is 59.0 Å². The summed E-state index contributed by atoms with van der Waals surface area (Å²) in [5, 5.41) is 4.92. The zero-order valence-corrected chi connectivity index (χ0v) is 18.2. The van der Waals surface area contributed by atoms with Crippen LogP contribution in [-0.2, 0) is 4.79 Å². The molecular formula is C23H15Cl3N2O3. The Morgan fingerprint density at radius 2 is 1.61 bits per heavy atom. The second-order valence-electron chi connectivity index (χ2n) is 6.17. The quantitative estimate of drug-likeness (QED) is 0.156. The SMILES string of the molecule is O=C(/C=C/c1ccccc1)Oc1ccc(Cl)cc1/C=N/NC(=O)c1ccc(Cl)cc1Cl. The number of hydrogen-bond acceptors (Lipinski definition) is 4. The molecule has 1 N–H and O–H groups in total. The van der Waals surface area contributed by atoms with E-state index >= 15 is 0 Å². The van der Waals surface area contributed by atoms with Crippen LogP contribution in [0.1, 0.15) is 21.5 Å². The first-order valence-corrected chi connectivity index (χ1v) is 10.1. The van der Waals surface area contributed by atoms with Crippen LogP contribution < -0.4 is 10.2 Å². The molecule has 0 aliphatic rings. The number of halogens is 3. The zero-order chi connectivity index (χ0) is 22.2. The summed E-state index contributed by atoms with van der Waals surface area (Å²) in [5.74, 6) is -0.864. The van der Waals surface area contributed by atoms with Gasteiger partial charge in [-0.1, -0.05) is 65.1 Å². The average Bonchev–Trinajstić information content (AvgIpc) is 2.74. The van der Waals surface area contributed by atoms with E-state index in [0.717, 1.165) is 5.56 Å². The van der Waals surface area contributed by atoms with Crippen LogP contribution in [0, 0.1) is 0 Å². The van der Waals surface area contributed by atoms with E-state index in [9.17, 15) is 9.59 Å². The van der Waals surface area contributed by atoms with Gasteiger partial charge in [-0.05, 0) is 48.0 Å². The predicted molar refractivity (Wildman–Crippen MR) is 124 cm³/mol. The maximum absolute atomic E-state index is 12.2. The fourth-order valence-electron chi connectivity index (χ4n) is 2.48. The van der Waals surface area contributed by atoms with Crippen molar-refractivity contribution in [1.82, 2.24) is 5.43 Å². The molecule has 156 valence electrons. The zero-order valence-electron chi connectivity index (χ0n) is 15.9. The molecule has 0 radical (unpaired) electrons. The van der Waals surface area contributed by atoms with Crippen molar-refractivity contribution in [2.45, 2.75) is 0 Å². The molecule has 0 aliphatic heterocycles. The van der Waals surface area contributed by atoms with Gasteiger partial charge < -0.3 is 4.74 Å². The van der Waals surface area contributed by atoms with E-state index in [1.165, 1.54) is 30.5 Å². The molecule has 0 fully saturated rings. The number of rotatable bonds is 6. The third-order valence-corrected chi connectivity index (χ3v) is 4.72. The third-order valence-electron chi connectivity index (χ3n) is 3.94. The molecule has 0 unspecified atom stereocenters. The number of hydrogen-bond donors (Lipinski definition) is 1. The lowest BCUT2D eigenvalue weighted by Gasteiger charge is -2.06. The van der Waals surface area contributed by atoms with Crippen molar-refractivity contribution in [3.8, 4) is 5.75 Å². The summed E-state index contributed by atoms with van der Waals surface area (Å²) in [6.07, 6.45) is 4.27. The molecule has 5 nitrogen and oxygen atoms in total. The molecule has 0 atom stereocenters. The van der Waals surface area contributed by atoms with Crippen LogP contribution in [0.15, 0.2) is 77.9 Å². The lowest BCUT2D eigenvalue weighted by Crippen LogP contribution is -2.18. The normalized spacial score (nSPS) is 11.1. The monoisotopic (exact) mass is 472 g/mol. The maximum atomic E-state index is 12.2. The summed E-state index contributed by atoms with van der Waals surface area (Å²) in [4.78, 5) is 24.4. The fourth-order valence-corrected chi connectivity index (χ4v) is 3.15. The number of hydrazone groups is 1. The molecule has 0 saturated heterocycles. The minimum absolute atomic E-state index is 0.197. The first kappa shape index (κ1) is 22.6. The topological polar surface area (TPSA) is 67.8 Å². The van der Waals surface area contributed by atoms with E-state index in [4.69, 9.17) is 39.5 Å². The van der Waals surface area contributed by atoms with E-state index in [0.29, 0.717) is 15.6 Å². The summed E-state index contributed by atoms with van der Waals surface area (Å²) >= 11 is 17.9. The highest BCUT2D eigenvalue weighted by Crippen LogP contribution is 2.23. The Morgan fingerprint density at radius 1 is 0.903 bits per heavy atom. The molecule has 0 saturated carbocycles. The van der Waals surface area contributed by atoms with Gasteiger partial charge in [-0.2, -0.15) is 5.10 Å². The molecule has 31 heavy (non-hydrogen) atoms. The van der Waals surface area contributed by atoms with Crippen molar-refractivity contribution < 1.29 is 14.3 Å². The van der Waals surface area contributed by atoms with Gasteiger partial charge in [-0.3, -0.25) is 4.79 Å². The fraction of sp³-hybridized carbons (Fsp3) is 0. The van der Waals surface area contributed by atoms with Crippen molar-refractivity contribution in [2.24, 2.45) is 5.10 Å². The molecule has 0 spiro atoms. The minimum Gasteiger partial charge on any atom is -0.423 e. The summed E-state index contributed by atoms with van der Waals surface area (Å²) in [6.45, 7) is 0. The standard InChI is InChI=1S/C23H15Cl3N2O3/c24-17-8-10-21(31-22(29)11-6-15-4-2-1-3-5-15)16(12-17)14-27-28-23(30)19-9-7-18(25)13-20(19)26/h1-14H,(H,28,30)/b11-6+,27-14+. The number of carbonyl (C=O) groups is 2. The highest BCUT2D eigenvalue weighted by molar-refractivity contribution is 6.36. The van der Waals surface area contributed by atoms with Crippen LogP contribution in [0.4, 0.5) is 0 Å². The second-order valence-corrected chi connectivity index (χ2v) is 7.45. The predicted octanol–water partition coefficient (Wildman–Crippen LogP) is 6.03. The van der Waals surface area contributed by atoms with Crippen molar-refractivity contribution in [1.29, 1.82) is 0 Å². The minimum atomic E-state index is -0.571. The molecule has 0 aliphatic carbocycles. The number of benzene rings is 3. The number of esters is 1. The van der Waals surface area contributed by atoms with Crippen LogP contribution in [0.2, 0.25) is 15.1 Å². The van der Waals surface area contributed by atoms with E-state index in [1.54, 1.807) is 24.3 Å². The van der Waals surface area contributed by atoms with Crippen LogP contribution in [0.5, 0.6) is 5.75 Å². The molecule has 0 heterocycles. The van der Waals surface area contributed by atoms with Crippen LogP contribution in [0.3, 0.4) is 0 Å². The highest BCUT2D eigenvalue weighted by Gasteiger charge is 2.11. The third kappa shape index (κ3) is 6.69. The van der Waals surface area contributed by atoms with Crippen LogP contribution in [0.25, 0.3) is 6.08 Å². The molecule has 0 bridgehead atoms. The number of nitrogens with one attached hydrogen (secondary N) is 1. The Morgan fingerprint density at radius 3 is 2.35 bits per heavy atom. The van der Waals surface area contributed by atoms with E-state index in [-0.39, 0.29) is 16.3 Å². The summed E-state index contributed by atoms with van der Waals surface area (Å²) < 4.78 is 5.37. The van der Waals surface area contributed by atoms with Gasteiger partial charge >= 0.3 is 5.97 Å². The number of carbonyl (C=O) groups excluding carboxylic acids is 2. The van der Waals surface area contributed by atoms with E-state index in [1.807, 2.05) is 30.3 Å². The van der Waals surface area contributed by atoms with Gasteiger partial charge in [0, 0.05) is 21.7 Å². The lowest BCUT2D eigenvalue weighted by molar-refractivity contribution is -0.128. The van der Waals surface area contributed by atoms with Gasteiger partial charge in [0.25, 0.3) is 5.91 Å². The van der Waals surface area contributed by atoms with Gasteiger partial charge in [-0.25, -0.2) is 10.2 Å². The van der Waals surface area contributed by atoms with Gasteiger partial charge in [0.1, 0.15) is 5.75 Å². The van der Waals surface area contributed by atoms with E-state index < -0.39 is 11.9 Å². The number of amides is 1. The van der Waals surface area contributed by atoms with Gasteiger partial charge in [0.15, 0.2) is 0 Å². The Bertz CT molecular complexity index is 1160. The molecule has 3 rings (SSSR count). The number of nitrogens with zero attached hydrogens (tertiary/aromatic N) is 1. The van der Waals surface area contributed by atoms with Gasteiger partial charge in [-0.15, -0.1) is 0 Å². The van der Waals surface area contributed by atoms with Crippen molar-refractivity contribution in [3.63, 3.8) is 0 Å². The van der Waals surface area contributed by atoms with Gasteiger partial charge in [0.2, 0.25) is 0 Å². The largest absolute Gasteiger partial charge is 0.423 e. The maximum Gasteiger partial charge on any atom is 0.336 e. The Labute approximate surface area is 193 Å². The molecule has 8 heteroatoms. The number of ether oxygens (including phenoxy) is 1. The Hall–Kier alpha value is -3.12. The Balaban J connectivity index is 1.70. The van der Waals surface area contributed by atoms with Crippen LogP contribution >= 0.6 is 34.8 Å². The molecular weight excluding hydrogens is 459 g/mol. The van der Waals surface area contributed by atoms with Gasteiger partial charge in [0.05, 0.1) is 16.8 Å². The molecule has 1 amide bonds. The summed E-state index contributed by atoms with van der Waals surface area (Å²) in [5.41, 5.74) is 3.84. The summed E-state index contributed by atoms with van der Waals surface area (Å²) in [6, 6.07) is 18.5. The first-order chi connectivity index (χ1) is 14.9. The Kier molecular flexibility index (Phi) is 7.84. The molecule has 3 aromatic rings. The molecule has 3 aromatic carbocycles. The first-order valence-electron chi connectivity index (χ1n) is 8.95. The van der Waals surface area contributed by atoms with E-state index in [2.05, 4.69) is 10.5 Å². The van der Waals surface area contributed by atoms with Crippen molar-refractivity contribution in [3.05, 3.63) is 105 Å². The highest BCUT2D eigenvalue weighted by atomic mass is 35.5. The smallest absolute Gasteiger partial charge is 0.336 e. The molecule has 0 aromatic heterocycles. The average molecular weight is 474 g/mol. The lowest BCUT2D eigenvalue weighted by atomic mass is 10.2. The van der Waals surface area contributed by atoms with Crippen molar-refractivity contribution in [2.75, 3.05) is 0 Å².